The topological polar surface area (TPSA) is 41.1 Å². The maximum Gasteiger partial charge on any atom is 0.318 e. The lowest BCUT2D eigenvalue weighted by molar-refractivity contribution is 0.244. The van der Waals surface area contributed by atoms with Gasteiger partial charge in [0.25, 0.3) is 0 Å². The highest BCUT2D eigenvalue weighted by atomic mass is 79.9. The fourth-order valence-corrected chi connectivity index (χ4v) is 2.69. The predicted octanol–water partition coefficient (Wildman–Crippen LogP) is 3.75. The average molecular weight is 323 g/mol. The summed E-state index contributed by atoms with van der Waals surface area (Å²) in [5, 5.41) is 5.67. The monoisotopic (exact) mass is 322 g/mol. The zero-order valence-corrected chi connectivity index (χ0v) is 12.5. The number of hydrogen-bond acceptors (Lipinski definition) is 1. The van der Waals surface area contributed by atoms with Gasteiger partial charge in [0.05, 0.1) is 0 Å². The number of halogens is 1. The highest BCUT2D eigenvalue weighted by Crippen LogP contribution is 2.22. The van der Waals surface area contributed by atoms with Crippen molar-refractivity contribution >= 4 is 22.0 Å². The van der Waals surface area contributed by atoms with E-state index < -0.39 is 0 Å². The molecule has 1 aliphatic rings. The van der Waals surface area contributed by atoms with Gasteiger partial charge in [-0.3, -0.25) is 0 Å². The van der Waals surface area contributed by atoms with Crippen LogP contribution in [0.2, 0.25) is 0 Å². The van der Waals surface area contributed by atoms with Crippen LogP contribution in [0.25, 0.3) is 0 Å². The molecule has 0 spiro atoms. The van der Waals surface area contributed by atoms with Gasteiger partial charge in [0, 0.05) is 17.2 Å². The van der Waals surface area contributed by atoms with E-state index in [1.165, 1.54) is 24.0 Å². The van der Waals surface area contributed by atoms with Crippen molar-refractivity contribution in [2.24, 2.45) is 0 Å². The first-order chi connectivity index (χ1) is 9.25. The van der Waals surface area contributed by atoms with Crippen LogP contribution < -0.4 is 10.6 Å². The quantitative estimate of drug-likeness (QED) is 0.870. The van der Waals surface area contributed by atoms with E-state index in [4.69, 9.17) is 0 Å². The fourth-order valence-electron chi connectivity index (χ4n) is 2.20. The van der Waals surface area contributed by atoms with Crippen molar-refractivity contribution in [3.63, 3.8) is 0 Å². The van der Waals surface area contributed by atoms with Crippen LogP contribution in [-0.4, -0.2) is 12.6 Å². The zero-order chi connectivity index (χ0) is 13.5. The number of carbonyl (C=O) groups excluding carboxylic acids is 1. The Kier molecular flexibility index (Phi) is 5.45. The van der Waals surface area contributed by atoms with Crippen molar-refractivity contribution in [2.45, 2.75) is 32.1 Å². The Balaban J connectivity index is 1.69. The molecule has 2 amide bonds. The van der Waals surface area contributed by atoms with Crippen LogP contribution in [0, 0.1) is 0 Å². The van der Waals surface area contributed by atoms with Crippen LogP contribution in [0.15, 0.2) is 40.5 Å². The maximum atomic E-state index is 11.6. The Morgan fingerprint density at radius 2 is 2.00 bits per heavy atom. The van der Waals surface area contributed by atoms with Crippen molar-refractivity contribution in [1.29, 1.82) is 0 Å². The lowest BCUT2D eigenvalue weighted by Gasteiger charge is -2.07. The largest absolute Gasteiger partial charge is 0.338 e. The van der Waals surface area contributed by atoms with Crippen LogP contribution in [-0.2, 0) is 6.42 Å². The molecule has 0 aliphatic heterocycles. The Labute approximate surface area is 122 Å². The third-order valence-corrected chi connectivity index (χ3v) is 4.06. The molecule has 2 N–H and O–H groups in total. The van der Waals surface area contributed by atoms with Gasteiger partial charge in [-0.2, -0.15) is 0 Å². The van der Waals surface area contributed by atoms with E-state index in [2.05, 4.69) is 32.6 Å². The van der Waals surface area contributed by atoms with Crippen molar-refractivity contribution in [2.75, 3.05) is 6.54 Å². The van der Waals surface area contributed by atoms with Gasteiger partial charge in [-0.1, -0.05) is 39.7 Å². The molecule has 1 aromatic rings. The predicted molar refractivity (Wildman–Crippen MR) is 80.9 cm³/mol. The van der Waals surface area contributed by atoms with Crippen LogP contribution in [0.1, 0.15) is 31.2 Å². The minimum Gasteiger partial charge on any atom is -0.338 e. The van der Waals surface area contributed by atoms with Gasteiger partial charge in [-0.25, -0.2) is 4.79 Å². The number of allylic oxidation sites excluding steroid dienone is 1. The summed E-state index contributed by atoms with van der Waals surface area (Å²) in [5.74, 6) is 0. The van der Waals surface area contributed by atoms with Crippen LogP contribution in [0.3, 0.4) is 0 Å². The Bertz CT molecular complexity index is 463. The highest BCUT2D eigenvalue weighted by molar-refractivity contribution is 9.10. The minimum atomic E-state index is -0.119. The average Bonchev–Trinajstić information content (AvgIpc) is 2.92. The molecule has 0 unspecified atom stereocenters. The lowest BCUT2D eigenvalue weighted by atomic mass is 10.1. The molecular formula is C15H19BrN2O. The summed E-state index contributed by atoms with van der Waals surface area (Å²) in [5.41, 5.74) is 2.55. The van der Waals surface area contributed by atoms with E-state index >= 15 is 0 Å². The molecular weight excluding hydrogens is 304 g/mol. The summed E-state index contributed by atoms with van der Waals surface area (Å²) >= 11 is 3.50. The van der Waals surface area contributed by atoms with Crippen molar-refractivity contribution < 1.29 is 4.79 Å². The Morgan fingerprint density at radius 1 is 1.26 bits per heavy atom. The molecule has 0 bridgehead atoms. The number of hydrogen-bond donors (Lipinski definition) is 2. The maximum absolute atomic E-state index is 11.6. The summed E-state index contributed by atoms with van der Waals surface area (Å²) in [6.45, 7) is 0.637. The van der Waals surface area contributed by atoms with Gasteiger partial charge in [-0.15, -0.1) is 0 Å². The molecule has 19 heavy (non-hydrogen) atoms. The highest BCUT2D eigenvalue weighted by Gasteiger charge is 2.06. The van der Waals surface area contributed by atoms with E-state index in [9.17, 15) is 4.79 Å². The molecule has 0 aromatic heterocycles. The van der Waals surface area contributed by atoms with Gasteiger partial charge >= 0.3 is 6.03 Å². The second-order valence-electron chi connectivity index (χ2n) is 4.75. The van der Waals surface area contributed by atoms with Crippen LogP contribution >= 0.6 is 15.9 Å². The van der Waals surface area contributed by atoms with E-state index in [0.717, 1.165) is 23.7 Å². The molecule has 4 heteroatoms. The standard InChI is InChI=1S/C15H19BrN2O/c16-14-8-4-3-7-13(14)9-10-17-15(19)18-11-12-5-1-2-6-12/h3-4,7-8,11H,1-2,5-6,9-10H2,(H2,17,18,19). The molecule has 0 atom stereocenters. The molecule has 0 heterocycles. The number of urea groups is 1. The first-order valence-electron chi connectivity index (χ1n) is 6.71. The molecule has 0 radical (unpaired) electrons. The van der Waals surface area contributed by atoms with E-state index in [1.807, 2.05) is 24.4 Å². The number of benzene rings is 1. The third kappa shape index (κ3) is 4.71. The van der Waals surface area contributed by atoms with Gasteiger partial charge in [0.1, 0.15) is 0 Å². The van der Waals surface area contributed by atoms with Gasteiger partial charge in [0.2, 0.25) is 0 Å². The summed E-state index contributed by atoms with van der Waals surface area (Å²) < 4.78 is 1.09. The summed E-state index contributed by atoms with van der Waals surface area (Å²) in [6, 6.07) is 7.95. The van der Waals surface area contributed by atoms with Gasteiger partial charge in [-0.05, 0) is 43.7 Å². The minimum absolute atomic E-state index is 0.119. The van der Waals surface area contributed by atoms with Crippen molar-refractivity contribution in [3.05, 3.63) is 46.1 Å². The van der Waals surface area contributed by atoms with E-state index in [0.29, 0.717) is 6.54 Å². The molecule has 102 valence electrons. The molecule has 0 saturated heterocycles. The molecule has 2 rings (SSSR count). The molecule has 3 nitrogen and oxygen atoms in total. The normalized spacial score (nSPS) is 14.3. The summed E-state index contributed by atoms with van der Waals surface area (Å²) in [4.78, 5) is 11.6. The van der Waals surface area contributed by atoms with E-state index in [1.54, 1.807) is 0 Å². The molecule has 1 fully saturated rings. The van der Waals surface area contributed by atoms with Gasteiger partial charge in [0.15, 0.2) is 0 Å². The van der Waals surface area contributed by atoms with Crippen LogP contribution in [0.5, 0.6) is 0 Å². The zero-order valence-electron chi connectivity index (χ0n) is 10.9. The Hall–Kier alpha value is -1.29. The summed E-state index contributed by atoms with van der Waals surface area (Å²) in [7, 11) is 0. The second kappa shape index (κ2) is 7.34. The Morgan fingerprint density at radius 3 is 2.74 bits per heavy atom. The molecule has 1 saturated carbocycles. The van der Waals surface area contributed by atoms with E-state index in [-0.39, 0.29) is 6.03 Å². The van der Waals surface area contributed by atoms with Gasteiger partial charge < -0.3 is 10.6 Å². The second-order valence-corrected chi connectivity index (χ2v) is 5.61. The number of carbonyl (C=O) groups is 1. The molecule has 1 aliphatic carbocycles. The van der Waals surface area contributed by atoms with Crippen molar-refractivity contribution in [3.8, 4) is 0 Å². The molecule has 1 aromatic carbocycles. The smallest absolute Gasteiger partial charge is 0.318 e. The fraction of sp³-hybridized carbons (Fsp3) is 0.400. The first kappa shape index (κ1) is 14.1. The van der Waals surface area contributed by atoms with Crippen molar-refractivity contribution in [1.82, 2.24) is 10.6 Å². The van der Waals surface area contributed by atoms with Crippen LogP contribution in [0.4, 0.5) is 4.79 Å². The number of nitrogens with one attached hydrogen (secondary N) is 2. The summed E-state index contributed by atoms with van der Waals surface area (Å²) in [6.07, 6.45) is 7.43. The number of rotatable bonds is 4. The first-order valence-corrected chi connectivity index (χ1v) is 7.51. The number of amides is 2. The SMILES string of the molecule is O=C(NC=C1CCCC1)NCCc1ccccc1Br. The third-order valence-electron chi connectivity index (χ3n) is 3.29. The lowest BCUT2D eigenvalue weighted by Crippen LogP contribution is -2.33.